The number of halogens is 2. The van der Waals surface area contributed by atoms with Crippen LogP contribution in [0.3, 0.4) is 0 Å². The molecular formula is C30H19Br2NO. The van der Waals surface area contributed by atoms with Crippen molar-refractivity contribution in [1.82, 2.24) is 0 Å². The van der Waals surface area contributed by atoms with Gasteiger partial charge in [0.25, 0.3) is 0 Å². The van der Waals surface area contributed by atoms with Crippen LogP contribution >= 0.6 is 31.9 Å². The van der Waals surface area contributed by atoms with E-state index in [1.165, 1.54) is 0 Å². The van der Waals surface area contributed by atoms with Gasteiger partial charge < -0.3 is 9.32 Å². The lowest BCUT2D eigenvalue weighted by Gasteiger charge is -2.25. The van der Waals surface area contributed by atoms with E-state index in [0.29, 0.717) is 0 Å². The van der Waals surface area contributed by atoms with E-state index in [1.54, 1.807) is 0 Å². The summed E-state index contributed by atoms with van der Waals surface area (Å²) in [6, 6.07) is 40.0. The second-order valence-corrected chi connectivity index (χ2v) is 9.95. The van der Waals surface area contributed by atoms with Crippen LogP contribution in [0.1, 0.15) is 0 Å². The Balaban J connectivity index is 1.45. The molecule has 0 aliphatic carbocycles. The van der Waals surface area contributed by atoms with E-state index in [9.17, 15) is 0 Å². The SMILES string of the molecule is Brc1ccc(N(c2ccc(Br)cc2)c2ccc(-c3cccc4c3oc3ccccc34)cc2)cc1. The number of anilines is 3. The second-order valence-electron chi connectivity index (χ2n) is 8.12. The summed E-state index contributed by atoms with van der Waals surface area (Å²) in [5.41, 5.74) is 7.34. The number of para-hydroxylation sites is 2. The highest BCUT2D eigenvalue weighted by atomic mass is 79.9. The highest BCUT2D eigenvalue weighted by Crippen LogP contribution is 2.39. The van der Waals surface area contributed by atoms with E-state index in [2.05, 4.69) is 140 Å². The molecule has 6 aromatic rings. The van der Waals surface area contributed by atoms with E-state index in [1.807, 2.05) is 12.1 Å². The van der Waals surface area contributed by atoms with E-state index >= 15 is 0 Å². The number of rotatable bonds is 4. The Hall–Kier alpha value is -3.34. The van der Waals surface area contributed by atoms with Crippen molar-refractivity contribution in [2.45, 2.75) is 0 Å². The van der Waals surface area contributed by atoms with Gasteiger partial charge in [-0.2, -0.15) is 0 Å². The van der Waals surface area contributed by atoms with Crippen LogP contribution in [0.25, 0.3) is 33.1 Å². The van der Waals surface area contributed by atoms with E-state index in [-0.39, 0.29) is 0 Å². The monoisotopic (exact) mass is 567 g/mol. The first kappa shape index (κ1) is 21.2. The normalized spacial score (nSPS) is 11.2. The molecule has 34 heavy (non-hydrogen) atoms. The summed E-state index contributed by atoms with van der Waals surface area (Å²) in [6.07, 6.45) is 0. The molecule has 4 heteroatoms. The topological polar surface area (TPSA) is 16.4 Å². The van der Waals surface area contributed by atoms with Crippen molar-refractivity contribution in [2.75, 3.05) is 4.90 Å². The lowest BCUT2D eigenvalue weighted by atomic mass is 10.0. The molecule has 0 saturated carbocycles. The molecule has 1 aromatic heterocycles. The molecule has 6 rings (SSSR count). The Kier molecular flexibility index (Phi) is 5.48. The second kappa shape index (κ2) is 8.79. The molecule has 1 heterocycles. The quantitative estimate of drug-likeness (QED) is 0.210. The summed E-state index contributed by atoms with van der Waals surface area (Å²) >= 11 is 7.10. The summed E-state index contributed by atoms with van der Waals surface area (Å²) in [4.78, 5) is 2.25. The molecule has 0 radical (unpaired) electrons. The van der Waals surface area contributed by atoms with Gasteiger partial charge in [-0.05, 0) is 72.3 Å². The van der Waals surface area contributed by atoms with Crippen molar-refractivity contribution < 1.29 is 4.42 Å². The lowest BCUT2D eigenvalue weighted by molar-refractivity contribution is 0.670. The molecule has 0 saturated heterocycles. The zero-order valence-corrected chi connectivity index (χ0v) is 21.3. The molecule has 0 atom stereocenters. The number of hydrogen-bond acceptors (Lipinski definition) is 2. The summed E-state index contributed by atoms with van der Waals surface area (Å²) in [7, 11) is 0. The first-order chi connectivity index (χ1) is 16.7. The fourth-order valence-corrected chi connectivity index (χ4v) is 4.92. The van der Waals surface area contributed by atoms with Crippen LogP contribution in [0.15, 0.2) is 129 Å². The van der Waals surface area contributed by atoms with E-state index in [0.717, 1.165) is 59.1 Å². The van der Waals surface area contributed by atoms with Gasteiger partial charge >= 0.3 is 0 Å². The summed E-state index contributed by atoms with van der Waals surface area (Å²) in [5.74, 6) is 0. The third kappa shape index (κ3) is 3.83. The average molecular weight is 569 g/mol. The van der Waals surface area contributed by atoms with E-state index < -0.39 is 0 Å². The number of nitrogens with zero attached hydrogens (tertiary/aromatic N) is 1. The average Bonchev–Trinajstić information content (AvgIpc) is 3.26. The first-order valence-electron chi connectivity index (χ1n) is 11.0. The maximum absolute atomic E-state index is 6.26. The molecule has 0 N–H and O–H groups in total. The van der Waals surface area contributed by atoms with Gasteiger partial charge in [-0.25, -0.2) is 0 Å². The standard InChI is InChI=1S/C30H19Br2NO/c31-21-10-16-24(17-11-21)33(25-18-12-22(32)13-19-25)23-14-8-20(9-15-23)26-5-3-6-28-27-4-1-2-7-29(27)34-30(26)28/h1-19H. The van der Waals surface area contributed by atoms with Crippen molar-refractivity contribution in [3.8, 4) is 11.1 Å². The van der Waals surface area contributed by atoms with Crippen LogP contribution in [-0.2, 0) is 0 Å². The molecule has 0 spiro atoms. The smallest absolute Gasteiger partial charge is 0.143 e. The van der Waals surface area contributed by atoms with Gasteiger partial charge in [0, 0.05) is 42.3 Å². The fourth-order valence-electron chi connectivity index (χ4n) is 4.39. The van der Waals surface area contributed by atoms with Crippen molar-refractivity contribution in [1.29, 1.82) is 0 Å². The number of benzene rings is 5. The Morgan fingerprint density at radius 3 is 1.65 bits per heavy atom. The number of fused-ring (bicyclic) bond motifs is 3. The van der Waals surface area contributed by atoms with Crippen LogP contribution in [0.4, 0.5) is 17.1 Å². The lowest BCUT2D eigenvalue weighted by Crippen LogP contribution is -2.09. The van der Waals surface area contributed by atoms with Crippen LogP contribution in [-0.4, -0.2) is 0 Å². The molecule has 5 aromatic carbocycles. The van der Waals surface area contributed by atoms with Gasteiger partial charge in [-0.3, -0.25) is 0 Å². The Morgan fingerprint density at radius 1 is 0.500 bits per heavy atom. The van der Waals surface area contributed by atoms with Gasteiger partial charge in [0.05, 0.1) is 0 Å². The zero-order chi connectivity index (χ0) is 23.1. The predicted octanol–water partition coefficient (Wildman–Crippen LogP) is 10.2. The van der Waals surface area contributed by atoms with Crippen LogP contribution in [0.5, 0.6) is 0 Å². The molecule has 0 amide bonds. The molecule has 2 nitrogen and oxygen atoms in total. The number of furan rings is 1. The molecule has 0 aliphatic heterocycles. The molecular weight excluding hydrogens is 550 g/mol. The van der Waals surface area contributed by atoms with Gasteiger partial charge in [0.1, 0.15) is 11.2 Å². The van der Waals surface area contributed by atoms with Gasteiger partial charge in [-0.1, -0.05) is 80.4 Å². The third-order valence-electron chi connectivity index (χ3n) is 6.01. The van der Waals surface area contributed by atoms with Crippen LogP contribution in [0.2, 0.25) is 0 Å². The first-order valence-corrected chi connectivity index (χ1v) is 12.6. The van der Waals surface area contributed by atoms with Gasteiger partial charge in [0.15, 0.2) is 0 Å². The van der Waals surface area contributed by atoms with Crippen LogP contribution < -0.4 is 4.90 Å². The molecule has 164 valence electrons. The summed E-state index contributed by atoms with van der Waals surface area (Å²) in [6.45, 7) is 0. The zero-order valence-electron chi connectivity index (χ0n) is 18.1. The Labute approximate surface area is 214 Å². The Morgan fingerprint density at radius 2 is 1.03 bits per heavy atom. The summed E-state index contributed by atoms with van der Waals surface area (Å²) < 4.78 is 8.37. The maximum Gasteiger partial charge on any atom is 0.143 e. The van der Waals surface area contributed by atoms with Crippen molar-refractivity contribution in [2.24, 2.45) is 0 Å². The number of hydrogen-bond donors (Lipinski definition) is 0. The molecule has 0 bridgehead atoms. The van der Waals surface area contributed by atoms with Gasteiger partial charge in [0.2, 0.25) is 0 Å². The fraction of sp³-hybridized carbons (Fsp3) is 0. The summed E-state index contributed by atoms with van der Waals surface area (Å²) in [5, 5.41) is 2.29. The third-order valence-corrected chi connectivity index (χ3v) is 7.07. The van der Waals surface area contributed by atoms with Crippen molar-refractivity contribution in [3.05, 3.63) is 124 Å². The predicted molar refractivity (Wildman–Crippen MR) is 149 cm³/mol. The largest absolute Gasteiger partial charge is 0.455 e. The molecule has 0 fully saturated rings. The van der Waals surface area contributed by atoms with Crippen molar-refractivity contribution >= 4 is 70.9 Å². The highest BCUT2D eigenvalue weighted by molar-refractivity contribution is 9.10. The molecule has 0 unspecified atom stereocenters. The van der Waals surface area contributed by atoms with Crippen LogP contribution in [0, 0.1) is 0 Å². The minimum atomic E-state index is 0.915. The maximum atomic E-state index is 6.26. The Bertz CT molecular complexity index is 1560. The van der Waals surface area contributed by atoms with Gasteiger partial charge in [-0.15, -0.1) is 0 Å². The minimum absolute atomic E-state index is 0.915. The molecule has 0 aliphatic rings. The minimum Gasteiger partial charge on any atom is -0.455 e. The highest BCUT2D eigenvalue weighted by Gasteiger charge is 2.15. The van der Waals surface area contributed by atoms with Crippen molar-refractivity contribution in [3.63, 3.8) is 0 Å². The van der Waals surface area contributed by atoms with E-state index in [4.69, 9.17) is 4.42 Å².